The lowest BCUT2D eigenvalue weighted by molar-refractivity contribution is 0.0697. The third-order valence-corrected chi connectivity index (χ3v) is 7.06. The fraction of sp³-hybridized carbons (Fsp3) is 0.154. The number of aromatic carboxylic acids is 1. The van der Waals surface area contributed by atoms with Gasteiger partial charge in [0.05, 0.1) is 28.1 Å². The summed E-state index contributed by atoms with van der Waals surface area (Å²) in [6.45, 7) is 1.82. The number of amides is 3. The third kappa shape index (κ3) is 4.76. The van der Waals surface area contributed by atoms with Crippen LogP contribution in [0.3, 0.4) is 0 Å². The summed E-state index contributed by atoms with van der Waals surface area (Å²) in [6.07, 6.45) is 1.01. The second-order valence-electron chi connectivity index (χ2n) is 8.21. The van der Waals surface area contributed by atoms with E-state index in [1.54, 1.807) is 30.3 Å². The zero-order valence-electron chi connectivity index (χ0n) is 19.2. The molecular formula is C26H22N2O7S. The number of sulfonamides is 1. The van der Waals surface area contributed by atoms with Crippen LogP contribution in [0.15, 0.2) is 66.7 Å². The number of hydrogen-bond donors (Lipinski definition) is 2. The predicted molar refractivity (Wildman–Crippen MR) is 133 cm³/mol. The van der Waals surface area contributed by atoms with Gasteiger partial charge in [-0.15, -0.1) is 0 Å². The smallest absolute Gasteiger partial charge is 0.337 e. The van der Waals surface area contributed by atoms with Gasteiger partial charge in [0.15, 0.2) is 0 Å². The Hall–Kier alpha value is -4.31. The van der Waals surface area contributed by atoms with Gasteiger partial charge in [0.25, 0.3) is 17.7 Å². The van der Waals surface area contributed by atoms with E-state index in [0.717, 1.165) is 16.5 Å². The standard InChI is InChI=1S/C26H22N2O7S/c1-2-3-13-36(34,35)27-23(29)18-10-11-19-21(14-18)25(31)28(24(19)30)22-15-17(9-12-20(22)26(32)33)16-7-5-4-6-8-16/h4-12,14-15H,2-3,13H2,1H3,(H,27,29)(H,32,33). The first-order valence-corrected chi connectivity index (χ1v) is 12.8. The molecule has 0 aliphatic carbocycles. The van der Waals surface area contributed by atoms with Gasteiger partial charge in [0.1, 0.15) is 0 Å². The van der Waals surface area contributed by atoms with E-state index in [9.17, 15) is 32.7 Å². The molecule has 4 rings (SSSR count). The molecule has 184 valence electrons. The number of carboxylic acid groups (broad SMARTS) is 1. The van der Waals surface area contributed by atoms with Crippen molar-refractivity contribution in [2.75, 3.05) is 10.7 Å². The van der Waals surface area contributed by atoms with Crippen LogP contribution in [0.2, 0.25) is 0 Å². The average Bonchev–Trinajstić information content (AvgIpc) is 3.11. The minimum absolute atomic E-state index is 0.0214. The summed E-state index contributed by atoms with van der Waals surface area (Å²) >= 11 is 0. The highest BCUT2D eigenvalue weighted by atomic mass is 32.2. The fourth-order valence-electron chi connectivity index (χ4n) is 3.89. The molecule has 10 heteroatoms. The molecule has 1 aliphatic heterocycles. The summed E-state index contributed by atoms with van der Waals surface area (Å²) in [5.74, 6) is -4.03. The second kappa shape index (κ2) is 9.74. The van der Waals surface area contributed by atoms with Crippen LogP contribution in [0.5, 0.6) is 0 Å². The lowest BCUT2D eigenvalue weighted by Gasteiger charge is -2.18. The van der Waals surface area contributed by atoms with E-state index in [-0.39, 0.29) is 33.7 Å². The number of rotatable bonds is 8. The maximum Gasteiger partial charge on any atom is 0.337 e. The first kappa shape index (κ1) is 24.8. The summed E-state index contributed by atoms with van der Waals surface area (Å²) in [6, 6.07) is 17.0. The van der Waals surface area contributed by atoms with Crippen LogP contribution in [0, 0.1) is 0 Å². The number of hydrogen-bond acceptors (Lipinski definition) is 6. The maximum atomic E-state index is 13.3. The minimum atomic E-state index is -3.86. The SMILES string of the molecule is CCCCS(=O)(=O)NC(=O)c1ccc2c(c1)C(=O)N(c1cc(-c3ccccc3)ccc1C(=O)O)C2=O. The molecule has 1 aliphatic rings. The Morgan fingerprint density at radius 2 is 1.58 bits per heavy atom. The van der Waals surface area contributed by atoms with Gasteiger partial charge in [-0.1, -0.05) is 49.7 Å². The number of fused-ring (bicyclic) bond motifs is 1. The van der Waals surface area contributed by atoms with E-state index in [1.807, 2.05) is 17.7 Å². The molecule has 0 bridgehead atoms. The van der Waals surface area contributed by atoms with Gasteiger partial charge in [-0.3, -0.25) is 14.4 Å². The number of benzene rings is 3. The summed E-state index contributed by atoms with van der Waals surface area (Å²) in [7, 11) is -3.86. The van der Waals surface area contributed by atoms with E-state index in [0.29, 0.717) is 18.4 Å². The topological polar surface area (TPSA) is 138 Å². The van der Waals surface area contributed by atoms with Gasteiger partial charge >= 0.3 is 5.97 Å². The monoisotopic (exact) mass is 506 g/mol. The highest BCUT2D eigenvalue weighted by Gasteiger charge is 2.39. The molecule has 36 heavy (non-hydrogen) atoms. The number of unbranched alkanes of at least 4 members (excludes halogenated alkanes) is 1. The first-order valence-electron chi connectivity index (χ1n) is 11.1. The Labute approximate surface area is 207 Å². The van der Waals surface area contributed by atoms with Crippen LogP contribution in [0.25, 0.3) is 11.1 Å². The molecule has 3 aromatic rings. The van der Waals surface area contributed by atoms with Crippen molar-refractivity contribution in [1.29, 1.82) is 0 Å². The molecule has 0 unspecified atom stereocenters. The van der Waals surface area contributed by atoms with Crippen molar-refractivity contribution < 1.29 is 32.7 Å². The molecule has 3 aromatic carbocycles. The molecule has 0 radical (unpaired) electrons. The quantitative estimate of drug-likeness (QED) is 0.444. The number of anilines is 1. The van der Waals surface area contributed by atoms with Gasteiger partial charge < -0.3 is 5.11 Å². The van der Waals surface area contributed by atoms with Crippen molar-refractivity contribution >= 4 is 39.4 Å². The lowest BCUT2D eigenvalue weighted by Crippen LogP contribution is -2.32. The van der Waals surface area contributed by atoms with Crippen molar-refractivity contribution in [2.24, 2.45) is 0 Å². The number of carboxylic acids is 1. The van der Waals surface area contributed by atoms with Crippen LogP contribution in [0.1, 0.15) is 61.2 Å². The summed E-state index contributed by atoms with van der Waals surface area (Å²) in [5.41, 5.74) is 0.743. The third-order valence-electron chi connectivity index (χ3n) is 5.74. The Bertz CT molecular complexity index is 1500. The van der Waals surface area contributed by atoms with Crippen molar-refractivity contribution in [3.05, 3.63) is 89.0 Å². The molecule has 3 amide bonds. The molecule has 1 heterocycles. The average molecular weight is 507 g/mol. The molecule has 9 nitrogen and oxygen atoms in total. The zero-order chi connectivity index (χ0) is 26.0. The van der Waals surface area contributed by atoms with Crippen LogP contribution in [-0.4, -0.2) is 43.0 Å². The Kier molecular flexibility index (Phi) is 6.71. The van der Waals surface area contributed by atoms with E-state index >= 15 is 0 Å². The van der Waals surface area contributed by atoms with Gasteiger partial charge in [0, 0.05) is 5.56 Å². The predicted octanol–water partition coefficient (Wildman–Crippen LogP) is 3.71. The maximum absolute atomic E-state index is 13.3. The Morgan fingerprint density at radius 3 is 2.25 bits per heavy atom. The number of nitrogens with one attached hydrogen (secondary N) is 1. The molecule has 0 saturated carbocycles. The summed E-state index contributed by atoms with van der Waals surface area (Å²) in [5, 5.41) is 9.70. The summed E-state index contributed by atoms with van der Waals surface area (Å²) in [4.78, 5) is 51.7. The molecular weight excluding hydrogens is 484 g/mol. The molecule has 2 N–H and O–H groups in total. The normalized spacial score (nSPS) is 13.0. The van der Waals surface area contributed by atoms with Gasteiger partial charge in [-0.05, 0) is 47.9 Å². The van der Waals surface area contributed by atoms with Gasteiger partial charge in [0.2, 0.25) is 10.0 Å². The van der Waals surface area contributed by atoms with E-state index in [2.05, 4.69) is 0 Å². The number of carbonyl (C=O) groups excluding carboxylic acids is 3. The van der Waals surface area contributed by atoms with Crippen molar-refractivity contribution in [2.45, 2.75) is 19.8 Å². The van der Waals surface area contributed by atoms with Gasteiger partial charge in [-0.25, -0.2) is 22.8 Å². The van der Waals surface area contributed by atoms with Crippen molar-refractivity contribution in [3.8, 4) is 11.1 Å². The molecule has 0 spiro atoms. The lowest BCUT2D eigenvalue weighted by atomic mass is 10.0. The highest BCUT2D eigenvalue weighted by molar-refractivity contribution is 7.90. The van der Waals surface area contributed by atoms with Crippen LogP contribution in [0.4, 0.5) is 5.69 Å². The molecule has 0 fully saturated rings. The van der Waals surface area contributed by atoms with E-state index < -0.39 is 33.7 Å². The van der Waals surface area contributed by atoms with Gasteiger partial charge in [-0.2, -0.15) is 0 Å². The van der Waals surface area contributed by atoms with Crippen LogP contribution < -0.4 is 9.62 Å². The summed E-state index contributed by atoms with van der Waals surface area (Å²) < 4.78 is 26.2. The highest BCUT2D eigenvalue weighted by Crippen LogP contribution is 2.34. The van der Waals surface area contributed by atoms with E-state index in [1.165, 1.54) is 24.3 Å². The first-order chi connectivity index (χ1) is 17.1. The zero-order valence-corrected chi connectivity index (χ0v) is 20.0. The second-order valence-corrected chi connectivity index (χ2v) is 10.1. The number of carbonyl (C=O) groups is 4. The molecule has 0 atom stereocenters. The van der Waals surface area contributed by atoms with Crippen molar-refractivity contribution in [1.82, 2.24) is 4.72 Å². The van der Waals surface area contributed by atoms with Crippen LogP contribution >= 0.6 is 0 Å². The molecule has 0 saturated heterocycles. The minimum Gasteiger partial charge on any atom is -0.478 e. The van der Waals surface area contributed by atoms with Crippen molar-refractivity contribution in [3.63, 3.8) is 0 Å². The fourth-order valence-corrected chi connectivity index (χ4v) is 5.07. The number of imide groups is 1. The van der Waals surface area contributed by atoms with Crippen LogP contribution in [-0.2, 0) is 10.0 Å². The number of nitrogens with zero attached hydrogens (tertiary/aromatic N) is 1. The Balaban J connectivity index is 1.71. The Morgan fingerprint density at radius 1 is 0.889 bits per heavy atom. The molecule has 0 aromatic heterocycles. The largest absolute Gasteiger partial charge is 0.478 e. The van der Waals surface area contributed by atoms with E-state index in [4.69, 9.17) is 0 Å².